The van der Waals surface area contributed by atoms with Crippen LogP contribution in [0.5, 0.6) is 0 Å². The second-order valence-electron chi connectivity index (χ2n) is 11.2. The lowest BCUT2D eigenvalue weighted by molar-refractivity contribution is -0.278. The van der Waals surface area contributed by atoms with E-state index in [0.717, 1.165) is 44.9 Å². The van der Waals surface area contributed by atoms with E-state index >= 15 is 0 Å². The molecule has 218 valence electrons. The van der Waals surface area contributed by atoms with Crippen LogP contribution in [0.15, 0.2) is 0 Å². The molecule has 0 saturated carbocycles. The van der Waals surface area contributed by atoms with Crippen molar-refractivity contribution in [2.75, 3.05) is 39.4 Å². The number of hydrogen-bond acceptors (Lipinski definition) is 10. The van der Waals surface area contributed by atoms with Gasteiger partial charge in [-0.3, -0.25) is 0 Å². The Balaban J connectivity index is 1.76. The SMILES string of the molecule is OCCNCCNC[C@H]1O[C@@H]2C3C(CO)O[C@H](CCCCCCCCCCCC1[C@H](O)[C@H]2O)[C@H](O)[C@H]3O. The molecule has 0 aromatic rings. The molecule has 10 nitrogen and oxygen atoms in total. The summed E-state index contributed by atoms with van der Waals surface area (Å²) in [7, 11) is 0. The zero-order valence-electron chi connectivity index (χ0n) is 22.3. The Bertz CT molecular complexity index is 615. The van der Waals surface area contributed by atoms with Crippen LogP contribution in [0.25, 0.3) is 0 Å². The summed E-state index contributed by atoms with van der Waals surface area (Å²) in [6, 6.07) is 0. The summed E-state index contributed by atoms with van der Waals surface area (Å²) in [5.41, 5.74) is 0. The zero-order valence-corrected chi connectivity index (χ0v) is 22.3. The topological polar surface area (TPSA) is 164 Å². The summed E-state index contributed by atoms with van der Waals surface area (Å²) < 4.78 is 12.5. The molecule has 0 spiro atoms. The second kappa shape index (κ2) is 16.6. The fourth-order valence-electron chi connectivity index (χ4n) is 6.39. The van der Waals surface area contributed by atoms with Crippen LogP contribution < -0.4 is 10.6 Å². The van der Waals surface area contributed by atoms with E-state index in [1.807, 2.05) is 0 Å². The molecule has 5 rings (SSSR count). The fraction of sp³-hybridized carbons (Fsp3) is 1.00. The third-order valence-corrected chi connectivity index (χ3v) is 8.54. The van der Waals surface area contributed by atoms with E-state index < -0.39 is 54.7 Å². The first-order chi connectivity index (χ1) is 18.0. The first-order valence-electron chi connectivity index (χ1n) is 14.7. The molecule has 5 saturated heterocycles. The van der Waals surface area contributed by atoms with Gasteiger partial charge in [0.25, 0.3) is 0 Å². The van der Waals surface area contributed by atoms with Crippen molar-refractivity contribution in [3.8, 4) is 0 Å². The van der Waals surface area contributed by atoms with E-state index in [2.05, 4.69) is 10.6 Å². The number of hydrogen-bond donors (Lipinski definition) is 8. The molecule has 0 amide bonds. The highest BCUT2D eigenvalue weighted by molar-refractivity contribution is 5.02. The molecule has 3 unspecified atom stereocenters. The van der Waals surface area contributed by atoms with Crippen molar-refractivity contribution in [2.45, 2.75) is 119 Å². The Kier molecular flexibility index (Phi) is 14.0. The standard InChI is InChI=1S/C27H52N2O8/c30-15-14-28-12-13-29-16-20-18-10-8-6-4-2-1-3-5-7-9-11-19-24(33)25(34)22(21(17-31)36-19)27(37-20)26(35)23(18)32/h18-35H,1-17H2/t18?,19-,20-,21?,22?,23+,24+,25+,26-,27-/m1/s1. The number of aliphatic hydroxyl groups is 6. The van der Waals surface area contributed by atoms with Gasteiger partial charge in [0.05, 0.1) is 49.8 Å². The lowest BCUT2D eigenvalue weighted by atomic mass is 9.74. The van der Waals surface area contributed by atoms with Crippen LogP contribution in [0, 0.1) is 11.8 Å². The van der Waals surface area contributed by atoms with Crippen LogP contribution in [-0.2, 0) is 9.47 Å². The van der Waals surface area contributed by atoms with E-state index in [-0.39, 0.29) is 19.1 Å². The minimum absolute atomic E-state index is 0.0735. The molecule has 0 aromatic heterocycles. The lowest BCUT2D eigenvalue weighted by Gasteiger charge is -2.51. The largest absolute Gasteiger partial charge is 0.395 e. The Labute approximate surface area is 221 Å². The normalized spacial score (nSPS) is 40.7. The van der Waals surface area contributed by atoms with Crippen LogP contribution in [0.4, 0.5) is 0 Å². The van der Waals surface area contributed by atoms with Gasteiger partial charge >= 0.3 is 0 Å². The van der Waals surface area contributed by atoms with Crippen molar-refractivity contribution in [2.24, 2.45) is 11.8 Å². The molecular weight excluding hydrogens is 480 g/mol. The minimum Gasteiger partial charge on any atom is -0.395 e. The van der Waals surface area contributed by atoms with Gasteiger partial charge in [0.2, 0.25) is 0 Å². The summed E-state index contributed by atoms with van der Waals surface area (Å²) in [5.74, 6) is -1.16. The molecule has 0 radical (unpaired) electrons. The molecule has 0 aliphatic carbocycles. The van der Waals surface area contributed by atoms with E-state index in [1.54, 1.807) is 0 Å². The Morgan fingerprint density at radius 2 is 1.22 bits per heavy atom. The predicted octanol–water partition coefficient (Wildman–Crippen LogP) is -0.334. The molecule has 5 aliphatic heterocycles. The molecule has 10 heteroatoms. The smallest absolute Gasteiger partial charge is 0.107 e. The van der Waals surface area contributed by atoms with Gasteiger partial charge in [0, 0.05) is 38.0 Å². The van der Waals surface area contributed by atoms with Gasteiger partial charge in [-0.05, 0) is 12.8 Å². The maximum Gasteiger partial charge on any atom is 0.107 e. The molecule has 4 bridgehead atoms. The van der Waals surface area contributed by atoms with Crippen molar-refractivity contribution in [3.05, 3.63) is 0 Å². The Morgan fingerprint density at radius 3 is 1.86 bits per heavy atom. The van der Waals surface area contributed by atoms with Gasteiger partial charge in [-0.1, -0.05) is 57.8 Å². The van der Waals surface area contributed by atoms with Gasteiger partial charge in [0.1, 0.15) is 12.2 Å². The van der Waals surface area contributed by atoms with Crippen molar-refractivity contribution in [1.82, 2.24) is 10.6 Å². The monoisotopic (exact) mass is 532 g/mol. The zero-order chi connectivity index (χ0) is 26.6. The van der Waals surface area contributed by atoms with Gasteiger partial charge in [-0.15, -0.1) is 0 Å². The summed E-state index contributed by atoms with van der Waals surface area (Å²) in [4.78, 5) is 0. The Hall–Kier alpha value is -0.400. The average molecular weight is 533 g/mol. The number of aliphatic hydroxyl groups excluding tert-OH is 6. The molecule has 10 atom stereocenters. The molecule has 0 aromatic carbocycles. The first-order valence-corrected chi connectivity index (χ1v) is 14.7. The maximum absolute atomic E-state index is 11.2. The van der Waals surface area contributed by atoms with E-state index in [0.29, 0.717) is 32.6 Å². The van der Waals surface area contributed by atoms with Crippen molar-refractivity contribution < 1.29 is 40.1 Å². The summed E-state index contributed by atoms with van der Waals surface area (Å²) in [6.45, 7) is 1.97. The highest BCUT2D eigenvalue weighted by atomic mass is 16.5. The maximum atomic E-state index is 11.2. The first kappa shape index (κ1) is 31.1. The van der Waals surface area contributed by atoms with Crippen molar-refractivity contribution in [1.29, 1.82) is 0 Å². The quantitative estimate of drug-likeness (QED) is 0.194. The van der Waals surface area contributed by atoms with Crippen LogP contribution in [-0.4, -0.2) is 119 Å². The number of nitrogens with one attached hydrogen (secondary N) is 2. The van der Waals surface area contributed by atoms with Gasteiger partial charge in [-0.25, -0.2) is 0 Å². The van der Waals surface area contributed by atoms with Crippen molar-refractivity contribution in [3.63, 3.8) is 0 Å². The highest BCUT2D eigenvalue weighted by Crippen LogP contribution is 2.39. The van der Waals surface area contributed by atoms with Gasteiger partial charge < -0.3 is 50.7 Å². The third-order valence-electron chi connectivity index (χ3n) is 8.54. The Morgan fingerprint density at radius 1 is 0.595 bits per heavy atom. The number of fused-ring (bicyclic) bond motifs is 2. The van der Waals surface area contributed by atoms with Crippen LogP contribution >= 0.6 is 0 Å². The molecule has 5 fully saturated rings. The molecule has 5 aliphatic rings. The van der Waals surface area contributed by atoms with E-state index in [4.69, 9.17) is 14.6 Å². The predicted molar refractivity (Wildman–Crippen MR) is 139 cm³/mol. The fourth-order valence-corrected chi connectivity index (χ4v) is 6.39. The number of rotatable bonds is 8. The number of ether oxygens (including phenoxy) is 2. The van der Waals surface area contributed by atoms with Crippen molar-refractivity contribution >= 4 is 0 Å². The van der Waals surface area contributed by atoms with Crippen LogP contribution in [0.2, 0.25) is 0 Å². The van der Waals surface area contributed by atoms with Gasteiger partial charge in [0.15, 0.2) is 0 Å². The molecule has 8 N–H and O–H groups in total. The minimum atomic E-state index is -1.27. The third kappa shape index (κ3) is 8.79. The molecule has 5 heterocycles. The lowest BCUT2D eigenvalue weighted by Crippen LogP contribution is -2.66. The van der Waals surface area contributed by atoms with Crippen LogP contribution in [0.1, 0.15) is 70.6 Å². The summed E-state index contributed by atoms with van der Waals surface area (Å²) in [6.07, 6.45) is 3.56. The van der Waals surface area contributed by atoms with E-state index in [9.17, 15) is 25.5 Å². The molecular formula is C27H52N2O8. The average Bonchev–Trinajstić information content (AvgIpc) is 2.90. The molecule has 37 heavy (non-hydrogen) atoms. The summed E-state index contributed by atoms with van der Waals surface area (Å²) >= 11 is 0. The van der Waals surface area contributed by atoms with E-state index in [1.165, 1.54) is 19.3 Å². The second-order valence-corrected chi connectivity index (χ2v) is 11.2. The van der Waals surface area contributed by atoms with Gasteiger partial charge in [-0.2, -0.15) is 0 Å². The highest BCUT2D eigenvalue weighted by Gasteiger charge is 2.54. The van der Waals surface area contributed by atoms with Crippen LogP contribution in [0.3, 0.4) is 0 Å². The summed E-state index contributed by atoms with van der Waals surface area (Å²) in [5, 5.41) is 70.0.